The van der Waals surface area contributed by atoms with Gasteiger partial charge in [0.25, 0.3) is 11.8 Å². The first-order valence-electron chi connectivity index (χ1n) is 18.0. The summed E-state index contributed by atoms with van der Waals surface area (Å²) in [5.74, 6) is -2.61. The van der Waals surface area contributed by atoms with E-state index in [1.165, 1.54) is 28.8 Å². The maximum absolute atomic E-state index is 12.7. The van der Waals surface area contributed by atoms with Crippen molar-refractivity contribution in [2.75, 3.05) is 0 Å². The molecule has 3 aromatic carbocycles. The Labute approximate surface area is 329 Å². The molecule has 2 aromatic heterocycles. The molecule has 0 saturated heterocycles. The van der Waals surface area contributed by atoms with Crippen molar-refractivity contribution in [1.82, 2.24) is 20.6 Å². The molecule has 0 aliphatic heterocycles. The van der Waals surface area contributed by atoms with Gasteiger partial charge in [-0.3, -0.25) is 19.2 Å². The Bertz CT molecular complexity index is 2100. The van der Waals surface area contributed by atoms with Gasteiger partial charge < -0.3 is 20.8 Å². The van der Waals surface area contributed by atoms with Crippen LogP contribution < -0.4 is 10.6 Å². The van der Waals surface area contributed by atoms with Crippen LogP contribution in [0.15, 0.2) is 89.6 Å². The summed E-state index contributed by atoms with van der Waals surface area (Å²) in [6.07, 6.45) is 0.669. The zero-order chi connectivity index (χ0) is 40.2. The first-order valence-corrected chi connectivity index (χ1v) is 19.8. The number of alkyl halides is 3. The molecule has 1 aliphatic rings. The summed E-state index contributed by atoms with van der Waals surface area (Å²) < 4.78 is 38.1. The normalized spacial score (nSPS) is 14.1. The fourth-order valence-electron chi connectivity index (χ4n) is 6.47. The van der Waals surface area contributed by atoms with Gasteiger partial charge in [-0.05, 0) is 55.4 Å². The fourth-order valence-corrected chi connectivity index (χ4v) is 8.17. The second kappa shape index (κ2) is 19.4. The number of benzene rings is 3. The number of carbonyl (C=O) groups is 4. The average molecular weight is 807 g/mol. The van der Waals surface area contributed by atoms with Gasteiger partial charge >= 0.3 is 18.1 Å². The molecule has 0 spiro atoms. The highest BCUT2D eigenvalue weighted by atomic mass is 32.1. The molecule has 1 aliphatic carbocycles. The number of rotatable bonds is 13. The predicted octanol–water partition coefficient (Wildman–Crippen LogP) is 8.92. The zero-order valence-corrected chi connectivity index (χ0v) is 32.1. The lowest BCUT2D eigenvalue weighted by Crippen LogP contribution is -2.42. The Morgan fingerprint density at radius 2 is 1.32 bits per heavy atom. The van der Waals surface area contributed by atoms with Crippen molar-refractivity contribution in [2.24, 2.45) is 5.92 Å². The molecule has 1 saturated carbocycles. The van der Waals surface area contributed by atoms with E-state index in [-0.39, 0.29) is 30.4 Å². The monoisotopic (exact) mass is 806 g/mol. The number of carboxylic acid groups (broad SMARTS) is 2. The molecule has 4 N–H and O–H groups in total. The Hall–Kier alpha value is -5.41. The third-order valence-electron chi connectivity index (χ3n) is 9.32. The summed E-state index contributed by atoms with van der Waals surface area (Å²) >= 11 is 2.55. The van der Waals surface area contributed by atoms with Crippen LogP contribution in [0, 0.1) is 12.8 Å². The quantitative estimate of drug-likeness (QED) is 0.0919. The van der Waals surface area contributed by atoms with Gasteiger partial charge in [0.15, 0.2) is 0 Å². The van der Waals surface area contributed by atoms with Crippen molar-refractivity contribution in [3.05, 3.63) is 118 Å². The average Bonchev–Trinajstić information content (AvgIpc) is 3.87. The van der Waals surface area contributed by atoms with Crippen LogP contribution in [0.3, 0.4) is 0 Å². The van der Waals surface area contributed by atoms with Crippen molar-refractivity contribution < 1.29 is 42.6 Å². The fraction of sp³-hybridized carbons (Fsp3) is 0.317. The standard InChI is InChI=1S/C21H20N2O3S.C20H21F3N2O3S/c1-14-7-5-6-10-17(14)21-23-18(13-27-21)20(26)22-16(12-19(24)25)11-15-8-3-2-4-9-15;21-20(22,23)14-8-6-13(7-9-14)19-25-16(11-29-19)18(28)24-15(10-17(26)27)12-4-2-1-3-5-12/h2-10,13,16H,11-12H2,1H3,(H,22,26)(H,24,25);6-9,11-12,15H,1-5,10H2,(H,24,28)(H,26,27). The molecular weight excluding hydrogens is 766 g/mol. The first-order chi connectivity index (χ1) is 26.8. The lowest BCUT2D eigenvalue weighted by atomic mass is 9.82. The molecule has 10 nitrogen and oxygen atoms in total. The summed E-state index contributed by atoms with van der Waals surface area (Å²) in [6, 6.07) is 21.0. The van der Waals surface area contributed by atoms with Gasteiger partial charge in [-0.25, -0.2) is 9.97 Å². The highest BCUT2D eigenvalue weighted by molar-refractivity contribution is 7.13. The van der Waals surface area contributed by atoms with Crippen molar-refractivity contribution in [1.29, 1.82) is 0 Å². The highest BCUT2D eigenvalue weighted by Crippen LogP contribution is 2.32. The number of carboxylic acids is 2. The zero-order valence-electron chi connectivity index (χ0n) is 30.4. The largest absolute Gasteiger partial charge is 0.481 e. The maximum atomic E-state index is 12.7. The summed E-state index contributed by atoms with van der Waals surface area (Å²) in [5.41, 5.74) is 3.23. The van der Waals surface area contributed by atoms with Crippen molar-refractivity contribution >= 4 is 46.4 Å². The summed E-state index contributed by atoms with van der Waals surface area (Å²) in [6.45, 7) is 2.00. The topological polar surface area (TPSA) is 159 Å². The number of thiazole rings is 2. The van der Waals surface area contributed by atoms with Gasteiger partial charge in [-0.15, -0.1) is 22.7 Å². The molecule has 1 fully saturated rings. The van der Waals surface area contributed by atoms with Crippen LogP contribution in [0.5, 0.6) is 0 Å². The molecule has 2 unspecified atom stereocenters. The van der Waals surface area contributed by atoms with E-state index in [0.717, 1.165) is 77.3 Å². The Balaban J connectivity index is 0.000000215. The molecule has 2 amide bonds. The van der Waals surface area contributed by atoms with Crippen LogP contribution in [0.25, 0.3) is 21.1 Å². The highest BCUT2D eigenvalue weighted by Gasteiger charge is 2.31. The molecule has 56 heavy (non-hydrogen) atoms. The van der Waals surface area contributed by atoms with Gasteiger partial charge in [0, 0.05) is 34.0 Å². The van der Waals surface area contributed by atoms with Gasteiger partial charge in [0.1, 0.15) is 21.4 Å². The van der Waals surface area contributed by atoms with Crippen molar-refractivity contribution in [3.8, 4) is 21.1 Å². The number of amides is 2. The smallest absolute Gasteiger partial charge is 0.416 e. The van der Waals surface area contributed by atoms with E-state index in [0.29, 0.717) is 22.7 Å². The van der Waals surface area contributed by atoms with E-state index in [1.807, 2.05) is 61.5 Å². The van der Waals surface area contributed by atoms with Crippen LogP contribution in [0.1, 0.15) is 82.6 Å². The van der Waals surface area contributed by atoms with E-state index in [2.05, 4.69) is 20.6 Å². The number of nitrogens with zero attached hydrogens (tertiary/aromatic N) is 2. The first kappa shape index (κ1) is 41.7. The Morgan fingerprint density at radius 1 is 0.750 bits per heavy atom. The molecule has 2 heterocycles. The Kier molecular flexibility index (Phi) is 14.5. The number of nitrogens with one attached hydrogen (secondary N) is 2. The van der Waals surface area contributed by atoms with E-state index in [1.54, 1.807) is 5.38 Å². The van der Waals surface area contributed by atoms with Gasteiger partial charge in [0.05, 0.1) is 18.4 Å². The summed E-state index contributed by atoms with van der Waals surface area (Å²) in [5, 5.41) is 28.4. The minimum Gasteiger partial charge on any atom is -0.481 e. The minimum atomic E-state index is -4.41. The third-order valence-corrected chi connectivity index (χ3v) is 11.1. The van der Waals surface area contributed by atoms with E-state index in [4.69, 9.17) is 5.11 Å². The SMILES string of the molecule is Cc1ccccc1-c1nc(C(=O)NC(CC(=O)O)Cc2ccccc2)cs1.O=C(O)CC(NC(=O)c1csc(-c2ccc(C(F)(F)F)cc2)n1)C1CCCCC1. The van der Waals surface area contributed by atoms with Crippen LogP contribution in [-0.4, -0.2) is 56.0 Å². The molecule has 294 valence electrons. The molecule has 5 aromatic rings. The number of halogens is 3. The molecule has 6 rings (SSSR count). The Morgan fingerprint density at radius 3 is 1.93 bits per heavy atom. The van der Waals surface area contributed by atoms with Crippen LogP contribution in [0.4, 0.5) is 13.2 Å². The lowest BCUT2D eigenvalue weighted by molar-refractivity contribution is -0.138. The van der Waals surface area contributed by atoms with E-state index in [9.17, 15) is 37.5 Å². The number of aromatic nitrogens is 2. The third kappa shape index (κ3) is 12.0. The minimum absolute atomic E-state index is 0.122. The van der Waals surface area contributed by atoms with Gasteiger partial charge in [-0.1, -0.05) is 86.0 Å². The number of hydrogen-bond acceptors (Lipinski definition) is 8. The number of carbonyl (C=O) groups excluding carboxylic acids is 2. The number of aliphatic carboxylic acids is 2. The van der Waals surface area contributed by atoms with Gasteiger partial charge in [-0.2, -0.15) is 13.2 Å². The molecule has 15 heteroatoms. The van der Waals surface area contributed by atoms with Crippen molar-refractivity contribution in [2.45, 2.75) is 76.6 Å². The van der Waals surface area contributed by atoms with E-state index >= 15 is 0 Å². The molecule has 2 atom stereocenters. The van der Waals surface area contributed by atoms with Crippen molar-refractivity contribution in [3.63, 3.8) is 0 Å². The van der Waals surface area contributed by atoms with E-state index < -0.39 is 41.7 Å². The van der Waals surface area contributed by atoms with Crippen LogP contribution in [-0.2, 0) is 22.2 Å². The van der Waals surface area contributed by atoms with Gasteiger partial charge in [0.2, 0.25) is 0 Å². The summed E-state index contributed by atoms with van der Waals surface area (Å²) in [4.78, 5) is 56.3. The second-order valence-corrected chi connectivity index (χ2v) is 15.2. The second-order valence-electron chi connectivity index (χ2n) is 13.5. The van der Waals surface area contributed by atoms with Crippen LogP contribution in [0.2, 0.25) is 0 Å². The molecule has 0 radical (unpaired) electrons. The lowest BCUT2D eigenvalue weighted by Gasteiger charge is -2.29. The van der Waals surface area contributed by atoms with Crippen LogP contribution >= 0.6 is 22.7 Å². The molecule has 0 bridgehead atoms. The number of aryl methyl sites for hydroxylation is 1. The predicted molar refractivity (Wildman–Crippen MR) is 209 cm³/mol. The summed E-state index contributed by atoms with van der Waals surface area (Å²) in [7, 11) is 0. The molecular formula is C41H41F3N4O6S2. The number of hydrogen-bond donors (Lipinski definition) is 4. The maximum Gasteiger partial charge on any atom is 0.416 e.